The zero-order valence-electron chi connectivity index (χ0n) is 7.96. The SMILES string of the molecule is COC(=O)C1(C)C=CC(=O)C=C1C. The fourth-order valence-electron chi connectivity index (χ4n) is 1.23. The summed E-state index contributed by atoms with van der Waals surface area (Å²) in [7, 11) is 1.34. The van der Waals surface area contributed by atoms with Crippen molar-refractivity contribution in [3.05, 3.63) is 23.8 Å². The third kappa shape index (κ3) is 1.54. The van der Waals surface area contributed by atoms with E-state index in [1.54, 1.807) is 19.9 Å². The summed E-state index contributed by atoms with van der Waals surface area (Å²) in [6, 6.07) is 0. The monoisotopic (exact) mass is 180 g/mol. The first kappa shape index (κ1) is 9.71. The van der Waals surface area contributed by atoms with Gasteiger partial charge in [-0.2, -0.15) is 0 Å². The molecule has 13 heavy (non-hydrogen) atoms. The van der Waals surface area contributed by atoms with Gasteiger partial charge in [0.25, 0.3) is 0 Å². The molecule has 0 bridgehead atoms. The molecule has 0 saturated heterocycles. The molecule has 0 amide bonds. The maximum atomic E-state index is 11.4. The first-order valence-corrected chi connectivity index (χ1v) is 4.01. The smallest absolute Gasteiger partial charge is 0.319 e. The molecule has 0 aliphatic heterocycles. The van der Waals surface area contributed by atoms with Crippen molar-refractivity contribution in [1.29, 1.82) is 0 Å². The number of carbonyl (C=O) groups is 2. The highest BCUT2D eigenvalue weighted by Gasteiger charge is 2.35. The number of methoxy groups -OCH3 is 1. The Balaban J connectivity index is 3.05. The first-order chi connectivity index (χ1) is 6.00. The Morgan fingerprint density at radius 1 is 1.54 bits per heavy atom. The van der Waals surface area contributed by atoms with Crippen LogP contribution < -0.4 is 0 Å². The lowest BCUT2D eigenvalue weighted by Gasteiger charge is -2.25. The van der Waals surface area contributed by atoms with Gasteiger partial charge in [0, 0.05) is 0 Å². The molecular weight excluding hydrogens is 168 g/mol. The van der Waals surface area contributed by atoms with Crippen molar-refractivity contribution in [2.24, 2.45) is 5.41 Å². The van der Waals surface area contributed by atoms with Crippen molar-refractivity contribution < 1.29 is 14.3 Å². The molecular formula is C10H12O3. The highest BCUT2D eigenvalue weighted by atomic mass is 16.5. The summed E-state index contributed by atoms with van der Waals surface area (Å²) in [5.74, 6) is -0.427. The Kier molecular flexibility index (Phi) is 2.36. The van der Waals surface area contributed by atoms with E-state index in [4.69, 9.17) is 0 Å². The van der Waals surface area contributed by atoms with Crippen LogP contribution in [0.2, 0.25) is 0 Å². The Labute approximate surface area is 77.1 Å². The van der Waals surface area contributed by atoms with Gasteiger partial charge in [-0.15, -0.1) is 0 Å². The Hall–Kier alpha value is -1.38. The molecule has 3 nitrogen and oxygen atoms in total. The normalized spacial score (nSPS) is 27.0. The molecule has 0 aromatic rings. The molecule has 1 unspecified atom stereocenters. The zero-order chi connectivity index (χ0) is 10.1. The number of ether oxygens (including phenoxy) is 1. The van der Waals surface area contributed by atoms with Crippen molar-refractivity contribution in [2.75, 3.05) is 7.11 Å². The largest absolute Gasteiger partial charge is 0.468 e. The summed E-state index contributed by atoms with van der Waals surface area (Å²) in [5, 5.41) is 0. The van der Waals surface area contributed by atoms with Crippen molar-refractivity contribution in [1.82, 2.24) is 0 Å². The standard InChI is InChI=1S/C10H12O3/c1-7-6-8(11)4-5-10(7,2)9(12)13-3/h4-6H,1-3H3. The predicted octanol–water partition coefficient (Wildman–Crippen LogP) is 1.25. The summed E-state index contributed by atoms with van der Waals surface area (Å²) >= 11 is 0. The van der Waals surface area contributed by atoms with E-state index >= 15 is 0 Å². The molecule has 0 aromatic heterocycles. The topological polar surface area (TPSA) is 43.4 Å². The van der Waals surface area contributed by atoms with E-state index < -0.39 is 5.41 Å². The van der Waals surface area contributed by atoms with Crippen LogP contribution in [-0.4, -0.2) is 18.9 Å². The minimum Gasteiger partial charge on any atom is -0.468 e. The molecule has 0 heterocycles. The molecule has 1 atom stereocenters. The van der Waals surface area contributed by atoms with E-state index in [2.05, 4.69) is 4.74 Å². The van der Waals surface area contributed by atoms with Gasteiger partial charge in [0.2, 0.25) is 0 Å². The average Bonchev–Trinajstić information content (AvgIpc) is 2.11. The van der Waals surface area contributed by atoms with Gasteiger partial charge in [0.1, 0.15) is 5.41 Å². The summed E-state index contributed by atoms with van der Waals surface area (Å²) in [5.41, 5.74) is -0.0605. The van der Waals surface area contributed by atoms with Crippen LogP contribution in [0.3, 0.4) is 0 Å². The van der Waals surface area contributed by atoms with Gasteiger partial charge in [-0.3, -0.25) is 9.59 Å². The quantitative estimate of drug-likeness (QED) is 0.570. The molecule has 1 rings (SSSR count). The van der Waals surface area contributed by atoms with Gasteiger partial charge in [0.15, 0.2) is 5.78 Å². The second kappa shape index (κ2) is 3.17. The van der Waals surface area contributed by atoms with Crippen LogP contribution in [0.15, 0.2) is 23.8 Å². The maximum Gasteiger partial charge on any atom is 0.319 e. The van der Waals surface area contributed by atoms with Crippen LogP contribution in [-0.2, 0) is 14.3 Å². The molecule has 0 radical (unpaired) electrons. The van der Waals surface area contributed by atoms with Crippen LogP contribution in [0.4, 0.5) is 0 Å². The Morgan fingerprint density at radius 3 is 2.62 bits per heavy atom. The van der Waals surface area contributed by atoms with E-state index in [1.807, 2.05) is 0 Å². The summed E-state index contributed by atoms with van der Waals surface area (Å²) in [6.07, 6.45) is 4.43. The molecule has 0 fully saturated rings. The predicted molar refractivity (Wildman–Crippen MR) is 48.0 cm³/mol. The zero-order valence-corrected chi connectivity index (χ0v) is 7.96. The van der Waals surface area contributed by atoms with Gasteiger partial charge in [-0.05, 0) is 31.6 Å². The molecule has 1 aliphatic rings. The fourth-order valence-corrected chi connectivity index (χ4v) is 1.23. The van der Waals surface area contributed by atoms with Crippen LogP contribution >= 0.6 is 0 Å². The molecule has 0 aromatic carbocycles. The lowest BCUT2D eigenvalue weighted by molar-refractivity contribution is -0.147. The van der Waals surface area contributed by atoms with Crippen molar-refractivity contribution >= 4 is 11.8 Å². The highest BCUT2D eigenvalue weighted by Crippen LogP contribution is 2.32. The number of carbonyl (C=O) groups excluding carboxylic acids is 2. The van der Waals surface area contributed by atoms with E-state index in [0.717, 1.165) is 0 Å². The van der Waals surface area contributed by atoms with Crippen molar-refractivity contribution in [3.63, 3.8) is 0 Å². The number of ketones is 1. The fraction of sp³-hybridized carbons (Fsp3) is 0.400. The Bertz CT molecular complexity index is 312. The van der Waals surface area contributed by atoms with E-state index in [1.165, 1.54) is 19.3 Å². The average molecular weight is 180 g/mol. The molecule has 0 saturated carbocycles. The first-order valence-electron chi connectivity index (χ1n) is 4.01. The molecule has 0 N–H and O–H groups in total. The van der Waals surface area contributed by atoms with Crippen molar-refractivity contribution in [2.45, 2.75) is 13.8 Å². The third-order valence-electron chi connectivity index (χ3n) is 2.37. The molecule has 3 heteroatoms. The van der Waals surface area contributed by atoms with Gasteiger partial charge < -0.3 is 4.74 Å². The minimum absolute atomic E-state index is 0.0844. The van der Waals surface area contributed by atoms with Crippen molar-refractivity contribution in [3.8, 4) is 0 Å². The van der Waals surface area contributed by atoms with Crippen LogP contribution in [0, 0.1) is 5.41 Å². The molecule has 70 valence electrons. The van der Waals surface area contributed by atoms with E-state index in [9.17, 15) is 9.59 Å². The second-order valence-corrected chi connectivity index (χ2v) is 3.26. The number of allylic oxidation sites excluding steroid dienone is 2. The molecule has 0 spiro atoms. The lowest BCUT2D eigenvalue weighted by atomic mass is 9.79. The third-order valence-corrected chi connectivity index (χ3v) is 2.37. The van der Waals surface area contributed by atoms with Gasteiger partial charge >= 0.3 is 5.97 Å². The summed E-state index contributed by atoms with van der Waals surface area (Å²) < 4.78 is 4.66. The van der Waals surface area contributed by atoms with Crippen LogP contribution in [0.5, 0.6) is 0 Å². The lowest BCUT2D eigenvalue weighted by Crippen LogP contribution is -2.30. The summed E-state index contributed by atoms with van der Waals surface area (Å²) in [6.45, 7) is 3.48. The summed E-state index contributed by atoms with van der Waals surface area (Å²) in [4.78, 5) is 22.3. The van der Waals surface area contributed by atoms with E-state index in [-0.39, 0.29) is 11.8 Å². The van der Waals surface area contributed by atoms with Crippen LogP contribution in [0.25, 0.3) is 0 Å². The number of hydrogen-bond acceptors (Lipinski definition) is 3. The Morgan fingerprint density at radius 2 is 2.15 bits per heavy atom. The highest BCUT2D eigenvalue weighted by molar-refractivity contribution is 6.03. The van der Waals surface area contributed by atoms with Gasteiger partial charge in [0.05, 0.1) is 7.11 Å². The van der Waals surface area contributed by atoms with E-state index in [0.29, 0.717) is 5.57 Å². The second-order valence-electron chi connectivity index (χ2n) is 3.26. The van der Waals surface area contributed by atoms with Crippen LogP contribution in [0.1, 0.15) is 13.8 Å². The van der Waals surface area contributed by atoms with Gasteiger partial charge in [-0.25, -0.2) is 0 Å². The number of rotatable bonds is 1. The molecule has 1 aliphatic carbocycles. The number of esters is 1. The number of hydrogen-bond donors (Lipinski definition) is 0. The minimum atomic E-state index is -0.775. The maximum absolute atomic E-state index is 11.4. The van der Waals surface area contributed by atoms with Gasteiger partial charge in [-0.1, -0.05) is 6.08 Å².